The van der Waals surface area contributed by atoms with E-state index < -0.39 is 34.4 Å². The van der Waals surface area contributed by atoms with Gasteiger partial charge in [-0.1, -0.05) is 6.92 Å². The fourth-order valence-electron chi connectivity index (χ4n) is 3.33. The van der Waals surface area contributed by atoms with Crippen molar-refractivity contribution in [3.8, 4) is 0 Å². The average molecular weight is 455 g/mol. The number of alkyl halides is 5. The fraction of sp³-hybridized carbons (Fsp3) is 0.647. The van der Waals surface area contributed by atoms with Gasteiger partial charge in [-0.3, -0.25) is 4.68 Å². The summed E-state index contributed by atoms with van der Waals surface area (Å²) < 4.78 is 94.1. The number of aryl methyl sites for hydroxylation is 1. The minimum absolute atomic E-state index is 0.0305. The van der Waals surface area contributed by atoms with Gasteiger partial charge in [0.15, 0.2) is 5.69 Å². The Morgan fingerprint density at radius 2 is 1.87 bits per heavy atom. The molecular weight excluding hydrogens is 433 g/mol. The summed E-state index contributed by atoms with van der Waals surface area (Å²) in [5.74, 6) is -0.369. The zero-order valence-electron chi connectivity index (χ0n) is 16.5. The molecule has 168 valence electrons. The molecule has 0 bridgehead atoms. The number of aromatic nitrogens is 4. The molecule has 0 amide bonds. The van der Waals surface area contributed by atoms with E-state index in [2.05, 4.69) is 14.9 Å². The molecule has 1 fully saturated rings. The van der Waals surface area contributed by atoms with Gasteiger partial charge in [-0.05, 0) is 38.7 Å². The van der Waals surface area contributed by atoms with Crippen molar-refractivity contribution < 1.29 is 30.4 Å². The Kier molecular flexibility index (Phi) is 5.98. The maximum atomic E-state index is 13.0. The minimum atomic E-state index is -4.56. The van der Waals surface area contributed by atoms with Gasteiger partial charge in [0.2, 0.25) is 10.0 Å². The Balaban J connectivity index is 1.72. The molecule has 1 saturated carbocycles. The van der Waals surface area contributed by atoms with Gasteiger partial charge < -0.3 is 0 Å². The normalized spacial score (nSPS) is 16.4. The lowest BCUT2D eigenvalue weighted by Crippen LogP contribution is -2.31. The highest BCUT2D eigenvalue weighted by Crippen LogP contribution is 2.42. The quantitative estimate of drug-likeness (QED) is 0.617. The van der Waals surface area contributed by atoms with Crippen LogP contribution in [0.1, 0.15) is 55.0 Å². The van der Waals surface area contributed by atoms with Crippen molar-refractivity contribution in [2.24, 2.45) is 5.92 Å². The SMILES string of the molecule is Cc1nn(C(F)F)c(C)c1S(=O)(=O)NCC(C)Cn1nc(C(F)(F)F)cc1C1CC1. The van der Waals surface area contributed by atoms with Crippen molar-refractivity contribution in [3.05, 3.63) is 28.8 Å². The van der Waals surface area contributed by atoms with Crippen molar-refractivity contribution in [1.82, 2.24) is 24.3 Å². The third-order valence-corrected chi connectivity index (χ3v) is 6.59. The van der Waals surface area contributed by atoms with Crippen LogP contribution in [0.25, 0.3) is 0 Å². The Morgan fingerprint density at radius 3 is 2.37 bits per heavy atom. The van der Waals surface area contributed by atoms with Crippen LogP contribution in [0.5, 0.6) is 0 Å². The first-order chi connectivity index (χ1) is 13.8. The second-order valence-corrected chi connectivity index (χ2v) is 9.29. The summed E-state index contributed by atoms with van der Waals surface area (Å²) in [5.41, 5.74) is -0.740. The van der Waals surface area contributed by atoms with Crippen molar-refractivity contribution in [1.29, 1.82) is 0 Å². The molecule has 2 heterocycles. The summed E-state index contributed by atoms with van der Waals surface area (Å²) in [5, 5.41) is 7.22. The third-order valence-electron chi connectivity index (χ3n) is 4.92. The second-order valence-electron chi connectivity index (χ2n) is 7.59. The minimum Gasteiger partial charge on any atom is -0.268 e. The van der Waals surface area contributed by atoms with E-state index in [1.807, 2.05) is 0 Å². The molecule has 0 spiro atoms. The number of sulfonamides is 1. The molecule has 3 rings (SSSR count). The molecule has 0 aromatic carbocycles. The van der Waals surface area contributed by atoms with Gasteiger partial charge in [0, 0.05) is 24.7 Å². The van der Waals surface area contributed by atoms with E-state index >= 15 is 0 Å². The standard InChI is InChI=1S/C17H22F5N5O2S/c1-9(8-26-13(12-4-5-12)6-14(25-26)17(20,21)22)7-23-30(28,29)15-10(2)24-27(11(15)3)16(18)19/h6,9,12,16,23H,4-5,7-8H2,1-3H3. The van der Waals surface area contributed by atoms with Gasteiger partial charge in [-0.15, -0.1) is 0 Å². The van der Waals surface area contributed by atoms with Gasteiger partial charge in [-0.2, -0.15) is 32.1 Å². The highest BCUT2D eigenvalue weighted by atomic mass is 32.2. The van der Waals surface area contributed by atoms with Crippen LogP contribution in [0.2, 0.25) is 0 Å². The van der Waals surface area contributed by atoms with E-state index in [1.54, 1.807) is 6.92 Å². The number of nitrogens with one attached hydrogen (secondary N) is 1. The lowest BCUT2D eigenvalue weighted by Gasteiger charge is -2.15. The number of hydrogen-bond donors (Lipinski definition) is 1. The van der Waals surface area contributed by atoms with E-state index in [9.17, 15) is 30.4 Å². The molecule has 1 N–H and O–H groups in total. The van der Waals surface area contributed by atoms with E-state index in [0.29, 0.717) is 10.4 Å². The van der Waals surface area contributed by atoms with Crippen molar-refractivity contribution in [2.45, 2.75) is 63.7 Å². The fourth-order valence-corrected chi connectivity index (χ4v) is 4.89. The Bertz CT molecular complexity index is 1020. The predicted molar refractivity (Wildman–Crippen MR) is 96.5 cm³/mol. The maximum Gasteiger partial charge on any atom is 0.435 e. The van der Waals surface area contributed by atoms with E-state index in [4.69, 9.17) is 0 Å². The van der Waals surface area contributed by atoms with E-state index in [-0.39, 0.29) is 35.3 Å². The van der Waals surface area contributed by atoms with Gasteiger partial charge in [0.1, 0.15) is 4.90 Å². The Hall–Kier alpha value is -2.02. The lowest BCUT2D eigenvalue weighted by molar-refractivity contribution is -0.141. The van der Waals surface area contributed by atoms with Gasteiger partial charge in [0.05, 0.1) is 11.4 Å². The summed E-state index contributed by atoms with van der Waals surface area (Å²) >= 11 is 0. The van der Waals surface area contributed by atoms with Crippen molar-refractivity contribution in [2.75, 3.05) is 6.54 Å². The summed E-state index contributed by atoms with van der Waals surface area (Å²) in [4.78, 5) is -0.327. The largest absolute Gasteiger partial charge is 0.435 e. The first-order valence-corrected chi connectivity index (χ1v) is 10.8. The van der Waals surface area contributed by atoms with Crippen LogP contribution in [-0.2, 0) is 22.7 Å². The van der Waals surface area contributed by atoms with Crippen molar-refractivity contribution in [3.63, 3.8) is 0 Å². The number of halogens is 5. The highest BCUT2D eigenvalue weighted by molar-refractivity contribution is 7.89. The molecule has 30 heavy (non-hydrogen) atoms. The van der Waals surface area contributed by atoms with Crippen LogP contribution in [0.3, 0.4) is 0 Å². The Morgan fingerprint density at radius 1 is 1.23 bits per heavy atom. The molecule has 0 aliphatic heterocycles. The van der Waals surface area contributed by atoms with Crippen molar-refractivity contribution >= 4 is 10.0 Å². The number of nitrogens with zero attached hydrogens (tertiary/aromatic N) is 4. The van der Waals surface area contributed by atoms with Crippen LogP contribution in [0.4, 0.5) is 22.0 Å². The average Bonchev–Trinajstić information content (AvgIpc) is 3.28. The highest BCUT2D eigenvalue weighted by Gasteiger charge is 2.38. The molecular formula is C17H22F5N5O2S. The molecule has 0 radical (unpaired) electrons. The predicted octanol–water partition coefficient (Wildman–Crippen LogP) is 3.60. The monoisotopic (exact) mass is 455 g/mol. The molecule has 13 heteroatoms. The molecule has 1 atom stereocenters. The summed E-state index contributed by atoms with van der Waals surface area (Å²) in [7, 11) is -4.13. The van der Waals surface area contributed by atoms with Crippen LogP contribution in [-0.4, -0.2) is 34.5 Å². The van der Waals surface area contributed by atoms with Crippen LogP contribution < -0.4 is 4.72 Å². The van der Waals surface area contributed by atoms with E-state index in [1.165, 1.54) is 18.5 Å². The molecule has 2 aromatic rings. The zero-order chi connectivity index (χ0) is 22.4. The lowest BCUT2D eigenvalue weighted by atomic mass is 10.2. The smallest absolute Gasteiger partial charge is 0.268 e. The topological polar surface area (TPSA) is 81.8 Å². The molecule has 2 aromatic heterocycles. The zero-order valence-corrected chi connectivity index (χ0v) is 17.4. The first-order valence-electron chi connectivity index (χ1n) is 9.29. The summed E-state index contributed by atoms with van der Waals surface area (Å²) in [6, 6.07) is 1.04. The molecule has 1 unspecified atom stereocenters. The molecule has 7 nitrogen and oxygen atoms in total. The van der Waals surface area contributed by atoms with Gasteiger partial charge in [0.25, 0.3) is 0 Å². The maximum absolute atomic E-state index is 13.0. The summed E-state index contributed by atoms with van der Waals surface area (Å²) in [6.07, 6.45) is -2.98. The Labute approximate surface area is 170 Å². The first kappa shape index (κ1) is 22.7. The van der Waals surface area contributed by atoms with Gasteiger partial charge >= 0.3 is 12.7 Å². The van der Waals surface area contributed by atoms with Crippen LogP contribution in [0, 0.1) is 19.8 Å². The number of hydrogen-bond acceptors (Lipinski definition) is 4. The number of rotatable bonds is 8. The van der Waals surface area contributed by atoms with Gasteiger partial charge in [-0.25, -0.2) is 17.8 Å². The second kappa shape index (κ2) is 7.91. The van der Waals surface area contributed by atoms with E-state index in [0.717, 1.165) is 18.9 Å². The molecule has 1 aliphatic rings. The van der Waals surface area contributed by atoms with Crippen LogP contribution in [0.15, 0.2) is 11.0 Å². The molecule has 0 saturated heterocycles. The summed E-state index contributed by atoms with van der Waals surface area (Å²) in [6.45, 7) is 1.21. The van der Waals surface area contributed by atoms with Crippen LogP contribution >= 0.6 is 0 Å². The molecule has 1 aliphatic carbocycles. The third kappa shape index (κ3) is 4.66.